The first-order valence-electron chi connectivity index (χ1n) is 9.47. The number of ether oxygens (including phenoxy) is 1. The number of esters is 1. The molecule has 1 atom stereocenters. The zero-order valence-corrected chi connectivity index (χ0v) is 15.2. The van der Waals surface area contributed by atoms with Gasteiger partial charge in [-0.1, -0.05) is 68.9 Å². The van der Waals surface area contributed by atoms with Crippen molar-refractivity contribution in [3.05, 3.63) is 48.0 Å². The van der Waals surface area contributed by atoms with Gasteiger partial charge in [-0.3, -0.25) is 0 Å². The highest BCUT2D eigenvalue weighted by Gasteiger charge is 2.07. The molecule has 0 saturated carbocycles. The van der Waals surface area contributed by atoms with Crippen LogP contribution >= 0.6 is 0 Å². The molecule has 1 unspecified atom stereocenters. The minimum atomic E-state index is -0.669. The van der Waals surface area contributed by atoms with Gasteiger partial charge in [0.1, 0.15) is 0 Å². The molecular formula is C22H29FO2. The van der Waals surface area contributed by atoms with E-state index in [1.54, 1.807) is 6.92 Å². The summed E-state index contributed by atoms with van der Waals surface area (Å²) in [7, 11) is 0. The van der Waals surface area contributed by atoms with Crippen LogP contribution in [0.25, 0.3) is 10.8 Å². The molecule has 0 spiro atoms. The molecule has 0 radical (unpaired) electrons. The summed E-state index contributed by atoms with van der Waals surface area (Å²) in [4.78, 5) is 12.1. The molecule has 0 saturated heterocycles. The van der Waals surface area contributed by atoms with Gasteiger partial charge in [0.15, 0.2) is 0 Å². The maximum atomic E-state index is 12.6. The summed E-state index contributed by atoms with van der Waals surface area (Å²) in [5.74, 6) is -0.244. The molecule has 2 aromatic rings. The predicted octanol–water partition coefficient (Wildman–Crippen LogP) is 6.48. The molecule has 0 aromatic heterocycles. The normalized spacial score (nSPS) is 12.2. The molecule has 0 bridgehead atoms. The Morgan fingerprint density at radius 3 is 2.28 bits per heavy atom. The number of unbranched alkanes of at least 4 members (excludes halogenated alkanes) is 6. The molecule has 0 heterocycles. The minimum Gasteiger partial charge on any atom is -0.462 e. The van der Waals surface area contributed by atoms with Crippen molar-refractivity contribution in [2.45, 2.75) is 64.5 Å². The summed E-state index contributed by atoms with van der Waals surface area (Å²) in [5, 5.41) is 2.18. The molecule has 2 rings (SSSR count). The Hall–Kier alpha value is -1.90. The van der Waals surface area contributed by atoms with Gasteiger partial charge in [0.05, 0.1) is 18.3 Å². The lowest BCUT2D eigenvalue weighted by Crippen LogP contribution is -2.06. The Balaban J connectivity index is 1.56. The molecule has 0 N–H and O–H groups in total. The van der Waals surface area contributed by atoms with E-state index in [4.69, 9.17) is 4.74 Å². The summed E-state index contributed by atoms with van der Waals surface area (Å²) in [5.41, 5.74) is 0.612. The van der Waals surface area contributed by atoms with Crippen LogP contribution in [-0.4, -0.2) is 18.7 Å². The molecule has 3 heteroatoms. The van der Waals surface area contributed by atoms with Crippen LogP contribution in [0.15, 0.2) is 42.5 Å². The number of carbonyl (C=O) groups is 1. The summed E-state index contributed by atoms with van der Waals surface area (Å²) >= 11 is 0. The van der Waals surface area contributed by atoms with Crippen LogP contribution in [-0.2, 0) is 4.74 Å². The Morgan fingerprint density at radius 1 is 0.920 bits per heavy atom. The van der Waals surface area contributed by atoms with E-state index in [2.05, 4.69) is 0 Å². The average Bonchev–Trinajstić information content (AvgIpc) is 2.62. The third-order valence-corrected chi connectivity index (χ3v) is 4.46. The number of fused-ring (bicyclic) bond motifs is 1. The fraction of sp³-hybridized carbons (Fsp3) is 0.500. The first-order chi connectivity index (χ1) is 12.2. The van der Waals surface area contributed by atoms with Gasteiger partial charge in [-0.25, -0.2) is 9.18 Å². The molecule has 0 amide bonds. The van der Waals surface area contributed by atoms with Crippen molar-refractivity contribution >= 4 is 16.7 Å². The number of benzene rings is 2. The van der Waals surface area contributed by atoms with Gasteiger partial charge in [0.25, 0.3) is 0 Å². The summed E-state index contributed by atoms with van der Waals surface area (Å²) in [6.45, 7) is 2.10. The van der Waals surface area contributed by atoms with E-state index in [1.165, 1.54) is 12.8 Å². The number of rotatable bonds is 11. The topological polar surface area (TPSA) is 26.3 Å². The Labute approximate surface area is 150 Å². The highest BCUT2D eigenvalue weighted by molar-refractivity contribution is 5.95. The summed E-state index contributed by atoms with van der Waals surface area (Å²) in [6, 6.07) is 13.6. The maximum absolute atomic E-state index is 12.6. The van der Waals surface area contributed by atoms with Gasteiger partial charge in [0.2, 0.25) is 0 Å². The van der Waals surface area contributed by atoms with Crippen LogP contribution in [0, 0.1) is 0 Å². The number of hydrogen-bond acceptors (Lipinski definition) is 2. The van der Waals surface area contributed by atoms with E-state index < -0.39 is 6.17 Å². The molecule has 136 valence electrons. The maximum Gasteiger partial charge on any atom is 0.338 e. The number of carbonyl (C=O) groups excluding carboxylic acids is 1. The SMILES string of the molecule is CC(F)CCCCCCCCCOC(=O)c1ccc2ccccc2c1. The zero-order valence-electron chi connectivity index (χ0n) is 15.2. The van der Waals surface area contributed by atoms with Crippen molar-refractivity contribution in [1.29, 1.82) is 0 Å². The van der Waals surface area contributed by atoms with Gasteiger partial charge >= 0.3 is 5.97 Å². The van der Waals surface area contributed by atoms with Gasteiger partial charge in [-0.2, -0.15) is 0 Å². The average molecular weight is 344 g/mol. The van der Waals surface area contributed by atoms with E-state index in [1.807, 2.05) is 42.5 Å². The monoisotopic (exact) mass is 344 g/mol. The second kappa shape index (κ2) is 10.9. The first-order valence-corrected chi connectivity index (χ1v) is 9.47. The van der Waals surface area contributed by atoms with Gasteiger partial charge in [-0.05, 0) is 42.7 Å². The Kier molecular flexibility index (Phi) is 8.44. The molecule has 0 aliphatic rings. The standard InChI is InChI=1S/C22H29FO2/c1-18(23)11-7-5-3-2-4-6-10-16-25-22(24)21-15-14-19-12-8-9-13-20(19)17-21/h8-9,12-15,17-18H,2-7,10-11,16H2,1H3. The Morgan fingerprint density at radius 2 is 1.56 bits per heavy atom. The smallest absolute Gasteiger partial charge is 0.338 e. The van der Waals surface area contributed by atoms with Crippen LogP contribution in [0.5, 0.6) is 0 Å². The molecular weight excluding hydrogens is 315 g/mol. The molecule has 0 aliphatic carbocycles. The van der Waals surface area contributed by atoms with E-state index >= 15 is 0 Å². The molecule has 2 aromatic carbocycles. The van der Waals surface area contributed by atoms with Crippen LogP contribution in [0.2, 0.25) is 0 Å². The Bertz CT molecular complexity index is 651. The largest absolute Gasteiger partial charge is 0.462 e. The predicted molar refractivity (Wildman–Crippen MR) is 102 cm³/mol. The van der Waals surface area contributed by atoms with Crippen LogP contribution in [0.3, 0.4) is 0 Å². The van der Waals surface area contributed by atoms with Crippen molar-refractivity contribution in [1.82, 2.24) is 0 Å². The zero-order chi connectivity index (χ0) is 17.9. The van der Waals surface area contributed by atoms with Crippen LogP contribution in [0.1, 0.15) is 68.6 Å². The quantitative estimate of drug-likeness (QED) is 0.345. The second-order valence-corrected chi connectivity index (χ2v) is 6.74. The third-order valence-electron chi connectivity index (χ3n) is 4.46. The van der Waals surface area contributed by atoms with E-state index in [0.717, 1.165) is 42.9 Å². The van der Waals surface area contributed by atoms with Crippen molar-refractivity contribution in [2.75, 3.05) is 6.61 Å². The first kappa shape index (κ1) is 19.4. The van der Waals surface area contributed by atoms with Gasteiger partial charge < -0.3 is 4.74 Å². The summed E-state index contributed by atoms with van der Waals surface area (Å²) in [6.07, 6.45) is 7.60. The molecule has 2 nitrogen and oxygen atoms in total. The van der Waals surface area contributed by atoms with Crippen molar-refractivity contribution in [3.8, 4) is 0 Å². The lowest BCUT2D eigenvalue weighted by Gasteiger charge is -2.06. The highest BCUT2D eigenvalue weighted by atomic mass is 19.1. The van der Waals surface area contributed by atoms with Crippen molar-refractivity contribution in [3.63, 3.8) is 0 Å². The number of hydrogen-bond donors (Lipinski definition) is 0. The molecule has 25 heavy (non-hydrogen) atoms. The van der Waals surface area contributed by atoms with Gasteiger partial charge in [-0.15, -0.1) is 0 Å². The fourth-order valence-electron chi connectivity index (χ4n) is 2.98. The number of alkyl halides is 1. The highest BCUT2D eigenvalue weighted by Crippen LogP contribution is 2.16. The lowest BCUT2D eigenvalue weighted by molar-refractivity contribution is 0.0498. The van der Waals surface area contributed by atoms with Crippen LogP contribution < -0.4 is 0 Å². The van der Waals surface area contributed by atoms with E-state index in [9.17, 15) is 9.18 Å². The van der Waals surface area contributed by atoms with E-state index in [0.29, 0.717) is 18.6 Å². The van der Waals surface area contributed by atoms with E-state index in [-0.39, 0.29) is 5.97 Å². The molecule has 0 aliphatic heterocycles. The third kappa shape index (κ3) is 7.25. The summed E-state index contributed by atoms with van der Waals surface area (Å²) < 4.78 is 18.0. The van der Waals surface area contributed by atoms with Crippen molar-refractivity contribution in [2.24, 2.45) is 0 Å². The van der Waals surface area contributed by atoms with Crippen LogP contribution in [0.4, 0.5) is 4.39 Å². The molecule has 0 fully saturated rings. The minimum absolute atomic E-state index is 0.244. The van der Waals surface area contributed by atoms with Crippen molar-refractivity contribution < 1.29 is 13.9 Å². The second-order valence-electron chi connectivity index (χ2n) is 6.74. The number of halogens is 1. The fourth-order valence-corrected chi connectivity index (χ4v) is 2.98. The lowest BCUT2D eigenvalue weighted by atomic mass is 10.1. The van der Waals surface area contributed by atoms with Gasteiger partial charge in [0, 0.05) is 0 Å².